The van der Waals surface area contributed by atoms with Crippen molar-refractivity contribution in [3.63, 3.8) is 0 Å². The SMILES string of the molecule is CCCO[C@@H]1CCCN(c2nc(-c3cccnc3)nc3c2CNC3)C1. The fraction of sp³-hybridized carbons (Fsp3) is 0.526. The maximum atomic E-state index is 6.01. The van der Waals surface area contributed by atoms with Crippen LogP contribution in [0.1, 0.15) is 37.4 Å². The van der Waals surface area contributed by atoms with E-state index in [4.69, 9.17) is 14.7 Å². The summed E-state index contributed by atoms with van der Waals surface area (Å²) in [6.07, 6.45) is 7.25. The fourth-order valence-electron chi connectivity index (χ4n) is 3.59. The Hall–Kier alpha value is -2.05. The number of fused-ring (bicyclic) bond motifs is 1. The zero-order valence-corrected chi connectivity index (χ0v) is 14.7. The van der Waals surface area contributed by atoms with Gasteiger partial charge >= 0.3 is 0 Å². The van der Waals surface area contributed by atoms with Crippen molar-refractivity contribution in [3.05, 3.63) is 35.8 Å². The third-order valence-electron chi connectivity index (χ3n) is 4.82. The van der Waals surface area contributed by atoms with E-state index in [0.29, 0.717) is 6.10 Å². The standard InChI is InChI=1S/C19H25N5O/c1-2-9-25-15-6-4-8-24(13-15)19-16-11-21-12-17(16)22-18(23-19)14-5-3-7-20-10-14/h3,5,7,10,15,21H,2,4,6,8-9,11-13H2,1H3/t15-/m1/s1. The van der Waals surface area contributed by atoms with Gasteiger partial charge in [-0.2, -0.15) is 0 Å². The molecular formula is C19H25N5O. The van der Waals surface area contributed by atoms with E-state index in [1.807, 2.05) is 18.3 Å². The molecule has 1 fully saturated rings. The van der Waals surface area contributed by atoms with Crippen molar-refractivity contribution < 1.29 is 4.74 Å². The Morgan fingerprint density at radius 2 is 2.28 bits per heavy atom. The van der Waals surface area contributed by atoms with Crippen LogP contribution in [0.5, 0.6) is 0 Å². The van der Waals surface area contributed by atoms with E-state index in [9.17, 15) is 0 Å². The van der Waals surface area contributed by atoms with Crippen LogP contribution >= 0.6 is 0 Å². The first-order chi connectivity index (χ1) is 12.3. The van der Waals surface area contributed by atoms with Crippen molar-refractivity contribution in [2.45, 2.75) is 45.4 Å². The highest BCUT2D eigenvalue weighted by Gasteiger charge is 2.27. The molecule has 1 N–H and O–H groups in total. The number of hydrogen-bond donors (Lipinski definition) is 1. The molecule has 0 aliphatic carbocycles. The van der Waals surface area contributed by atoms with Crippen LogP contribution in [0.2, 0.25) is 0 Å². The molecule has 2 aromatic rings. The highest BCUT2D eigenvalue weighted by atomic mass is 16.5. The van der Waals surface area contributed by atoms with Gasteiger partial charge in [0.05, 0.1) is 11.8 Å². The van der Waals surface area contributed by atoms with Gasteiger partial charge in [-0.3, -0.25) is 4.98 Å². The zero-order chi connectivity index (χ0) is 17.1. The summed E-state index contributed by atoms with van der Waals surface area (Å²) in [4.78, 5) is 16.3. The Balaban J connectivity index is 1.65. The molecule has 132 valence electrons. The molecule has 0 saturated carbocycles. The van der Waals surface area contributed by atoms with Crippen LogP contribution in [0, 0.1) is 0 Å². The van der Waals surface area contributed by atoms with Gasteiger partial charge in [-0.05, 0) is 31.4 Å². The molecule has 2 aliphatic heterocycles. The monoisotopic (exact) mass is 339 g/mol. The number of aromatic nitrogens is 3. The Bertz CT molecular complexity index is 721. The molecule has 2 aliphatic rings. The van der Waals surface area contributed by atoms with Gasteiger partial charge in [0.15, 0.2) is 5.82 Å². The third kappa shape index (κ3) is 3.50. The molecular weight excluding hydrogens is 314 g/mol. The van der Waals surface area contributed by atoms with Crippen molar-refractivity contribution in [1.29, 1.82) is 0 Å². The number of ether oxygens (including phenoxy) is 1. The van der Waals surface area contributed by atoms with E-state index in [1.54, 1.807) is 6.20 Å². The van der Waals surface area contributed by atoms with Gasteiger partial charge in [-0.15, -0.1) is 0 Å². The second-order valence-electron chi connectivity index (χ2n) is 6.72. The predicted molar refractivity (Wildman–Crippen MR) is 97.3 cm³/mol. The molecule has 0 spiro atoms. The van der Waals surface area contributed by atoms with Crippen LogP contribution in [0.25, 0.3) is 11.4 Å². The lowest BCUT2D eigenvalue weighted by molar-refractivity contribution is 0.0439. The van der Waals surface area contributed by atoms with Crippen LogP contribution < -0.4 is 10.2 Å². The lowest BCUT2D eigenvalue weighted by atomic mass is 10.1. The van der Waals surface area contributed by atoms with E-state index in [-0.39, 0.29) is 0 Å². The lowest BCUT2D eigenvalue weighted by Gasteiger charge is -2.34. The summed E-state index contributed by atoms with van der Waals surface area (Å²) in [5.74, 6) is 1.83. The van der Waals surface area contributed by atoms with Crippen LogP contribution in [0.15, 0.2) is 24.5 Å². The van der Waals surface area contributed by atoms with Crippen molar-refractivity contribution in [1.82, 2.24) is 20.3 Å². The molecule has 4 heterocycles. The summed E-state index contributed by atoms with van der Waals surface area (Å²) in [6, 6.07) is 3.95. The number of hydrogen-bond acceptors (Lipinski definition) is 6. The second kappa shape index (κ2) is 7.45. The van der Waals surface area contributed by atoms with E-state index in [2.05, 4.69) is 22.1 Å². The number of nitrogens with zero attached hydrogens (tertiary/aromatic N) is 4. The van der Waals surface area contributed by atoms with Gasteiger partial charge in [0.1, 0.15) is 5.82 Å². The molecule has 4 rings (SSSR count). The van der Waals surface area contributed by atoms with Gasteiger partial charge < -0.3 is 15.0 Å². The van der Waals surface area contributed by atoms with Crippen LogP contribution in [0.4, 0.5) is 5.82 Å². The number of anilines is 1. The van der Waals surface area contributed by atoms with E-state index < -0.39 is 0 Å². The van der Waals surface area contributed by atoms with Crippen LogP contribution in [0.3, 0.4) is 0 Å². The summed E-state index contributed by atoms with van der Waals surface area (Å²) in [7, 11) is 0. The summed E-state index contributed by atoms with van der Waals surface area (Å²) in [6.45, 7) is 6.58. The van der Waals surface area contributed by atoms with Gasteiger partial charge in [-0.1, -0.05) is 6.92 Å². The number of pyridine rings is 1. The molecule has 1 atom stereocenters. The first kappa shape index (κ1) is 16.4. The molecule has 1 saturated heterocycles. The number of nitrogens with one attached hydrogen (secondary N) is 1. The van der Waals surface area contributed by atoms with E-state index >= 15 is 0 Å². The van der Waals surface area contributed by atoms with Crippen molar-refractivity contribution >= 4 is 5.82 Å². The average Bonchev–Trinajstić information content (AvgIpc) is 3.15. The summed E-state index contributed by atoms with van der Waals surface area (Å²) in [5.41, 5.74) is 3.32. The highest BCUT2D eigenvalue weighted by Crippen LogP contribution is 2.30. The molecule has 0 amide bonds. The van der Waals surface area contributed by atoms with Gasteiger partial charge in [0, 0.05) is 56.3 Å². The molecule has 2 aromatic heterocycles. The molecule has 6 heteroatoms. The van der Waals surface area contributed by atoms with Crippen LogP contribution in [-0.2, 0) is 17.8 Å². The molecule has 0 radical (unpaired) electrons. The minimum absolute atomic E-state index is 0.301. The van der Waals surface area contributed by atoms with Gasteiger partial charge in [-0.25, -0.2) is 9.97 Å². The number of rotatable bonds is 5. The normalized spacial score (nSPS) is 19.9. The molecule has 0 aromatic carbocycles. The minimum atomic E-state index is 0.301. The average molecular weight is 339 g/mol. The minimum Gasteiger partial charge on any atom is -0.376 e. The topological polar surface area (TPSA) is 63.2 Å². The maximum absolute atomic E-state index is 6.01. The third-order valence-corrected chi connectivity index (χ3v) is 4.82. The Morgan fingerprint density at radius 3 is 3.12 bits per heavy atom. The molecule has 6 nitrogen and oxygen atoms in total. The molecule has 25 heavy (non-hydrogen) atoms. The fourth-order valence-corrected chi connectivity index (χ4v) is 3.59. The van der Waals surface area contributed by atoms with E-state index in [1.165, 1.54) is 5.56 Å². The number of piperidine rings is 1. The van der Waals surface area contributed by atoms with Crippen molar-refractivity contribution in [2.24, 2.45) is 0 Å². The van der Waals surface area contributed by atoms with E-state index in [0.717, 1.165) is 74.9 Å². The maximum Gasteiger partial charge on any atom is 0.163 e. The summed E-state index contributed by atoms with van der Waals surface area (Å²) >= 11 is 0. The second-order valence-corrected chi connectivity index (χ2v) is 6.72. The molecule has 0 bridgehead atoms. The summed E-state index contributed by atoms with van der Waals surface area (Å²) < 4.78 is 6.01. The summed E-state index contributed by atoms with van der Waals surface area (Å²) in [5, 5.41) is 3.42. The van der Waals surface area contributed by atoms with Crippen molar-refractivity contribution in [3.8, 4) is 11.4 Å². The lowest BCUT2D eigenvalue weighted by Crippen LogP contribution is -2.41. The first-order valence-electron chi connectivity index (χ1n) is 9.22. The predicted octanol–water partition coefficient (Wildman–Crippen LogP) is 2.54. The Morgan fingerprint density at radius 1 is 1.32 bits per heavy atom. The highest BCUT2D eigenvalue weighted by molar-refractivity contribution is 5.60. The van der Waals surface area contributed by atoms with Crippen molar-refractivity contribution in [2.75, 3.05) is 24.6 Å². The molecule has 0 unspecified atom stereocenters. The van der Waals surface area contributed by atoms with Gasteiger partial charge in [0.25, 0.3) is 0 Å². The largest absolute Gasteiger partial charge is 0.376 e. The Kier molecular flexibility index (Phi) is 4.90. The van der Waals surface area contributed by atoms with Gasteiger partial charge in [0.2, 0.25) is 0 Å². The first-order valence-corrected chi connectivity index (χ1v) is 9.22. The smallest absolute Gasteiger partial charge is 0.163 e. The zero-order valence-electron chi connectivity index (χ0n) is 14.7. The quantitative estimate of drug-likeness (QED) is 0.903. The Labute approximate surface area is 148 Å². The van der Waals surface area contributed by atoms with Crippen LogP contribution in [-0.4, -0.2) is 40.8 Å².